The second-order valence-electron chi connectivity index (χ2n) is 4.79. The molecular weight excluding hydrogens is 286 g/mol. The van der Waals surface area contributed by atoms with E-state index < -0.39 is 0 Å². The van der Waals surface area contributed by atoms with E-state index in [1.54, 1.807) is 37.3 Å². The lowest BCUT2D eigenvalue weighted by Crippen LogP contribution is -2.30. The highest BCUT2D eigenvalue weighted by Crippen LogP contribution is 2.23. The molecule has 1 heterocycles. The number of aromatic nitrogens is 1. The maximum absolute atomic E-state index is 12.6. The molecule has 1 atom stereocenters. The minimum absolute atomic E-state index is 0.0559. The molecule has 0 fully saturated rings. The maximum Gasteiger partial charge on any atom is 0.257 e. The number of nitrogens with one attached hydrogen (secondary N) is 1. The fourth-order valence-electron chi connectivity index (χ4n) is 2.11. The Morgan fingerprint density at radius 3 is 2.57 bits per heavy atom. The second kappa shape index (κ2) is 6.59. The quantitative estimate of drug-likeness (QED) is 0.938. The fourth-order valence-corrected chi connectivity index (χ4v) is 2.23. The number of hydrogen-bond donors (Lipinski definition) is 1. The van der Waals surface area contributed by atoms with Crippen LogP contribution in [0.2, 0.25) is 5.02 Å². The normalized spacial score (nSPS) is 11.8. The van der Waals surface area contributed by atoms with E-state index in [1.807, 2.05) is 31.2 Å². The van der Waals surface area contributed by atoms with Gasteiger partial charge >= 0.3 is 0 Å². The van der Waals surface area contributed by atoms with Crippen LogP contribution in [-0.4, -0.2) is 29.9 Å². The number of carbonyl (C=O) groups excluding carboxylic acids is 1. The topological polar surface area (TPSA) is 45.2 Å². The third kappa shape index (κ3) is 3.34. The van der Waals surface area contributed by atoms with Crippen molar-refractivity contribution in [3.05, 3.63) is 58.7 Å². The third-order valence-electron chi connectivity index (χ3n) is 3.53. The summed E-state index contributed by atoms with van der Waals surface area (Å²) in [5.74, 6) is 0.507. The predicted molar refractivity (Wildman–Crippen MR) is 85.7 cm³/mol. The number of hydrogen-bond acceptors (Lipinski definition) is 3. The molecule has 1 amide bonds. The summed E-state index contributed by atoms with van der Waals surface area (Å²) in [6.07, 6.45) is 1.66. The summed E-state index contributed by atoms with van der Waals surface area (Å²) in [5.41, 5.74) is 1.59. The van der Waals surface area contributed by atoms with Crippen LogP contribution in [0.4, 0.5) is 5.82 Å². The van der Waals surface area contributed by atoms with Gasteiger partial charge in [0.2, 0.25) is 0 Å². The van der Waals surface area contributed by atoms with Crippen LogP contribution in [0.15, 0.2) is 42.6 Å². The van der Waals surface area contributed by atoms with Gasteiger partial charge in [-0.25, -0.2) is 4.98 Å². The molecule has 2 aromatic rings. The third-order valence-corrected chi connectivity index (χ3v) is 3.78. The maximum atomic E-state index is 12.6. The summed E-state index contributed by atoms with van der Waals surface area (Å²) in [4.78, 5) is 18.5. The summed E-state index contributed by atoms with van der Waals surface area (Å²) in [7, 11) is 3.54. The van der Waals surface area contributed by atoms with Crippen molar-refractivity contribution < 1.29 is 4.79 Å². The number of anilines is 1. The van der Waals surface area contributed by atoms with Crippen LogP contribution in [0.3, 0.4) is 0 Å². The van der Waals surface area contributed by atoms with Gasteiger partial charge in [-0.1, -0.05) is 23.7 Å². The number of nitrogens with zero attached hydrogens (tertiary/aromatic N) is 2. The van der Waals surface area contributed by atoms with Crippen LogP contribution in [-0.2, 0) is 0 Å². The van der Waals surface area contributed by atoms with Crippen LogP contribution in [0.25, 0.3) is 0 Å². The van der Waals surface area contributed by atoms with Gasteiger partial charge in [-0.2, -0.15) is 0 Å². The van der Waals surface area contributed by atoms with Gasteiger partial charge in [0.1, 0.15) is 5.82 Å². The molecule has 0 bridgehead atoms. The average Bonchev–Trinajstić information content (AvgIpc) is 2.53. The number of carbonyl (C=O) groups is 1. The summed E-state index contributed by atoms with van der Waals surface area (Å²) in [5, 5.41) is 3.63. The Hall–Kier alpha value is -2.07. The molecule has 1 unspecified atom stereocenters. The zero-order chi connectivity index (χ0) is 15.4. The Balaban J connectivity index is 2.24. The molecule has 1 aromatic carbocycles. The summed E-state index contributed by atoms with van der Waals surface area (Å²) < 4.78 is 0. The van der Waals surface area contributed by atoms with Gasteiger partial charge in [0.25, 0.3) is 5.91 Å². The molecule has 0 saturated carbocycles. The van der Waals surface area contributed by atoms with Crippen molar-refractivity contribution in [1.29, 1.82) is 0 Å². The van der Waals surface area contributed by atoms with Gasteiger partial charge in [-0.15, -0.1) is 0 Å². The van der Waals surface area contributed by atoms with Crippen molar-refractivity contribution in [2.24, 2.45) is 0 Å². The highest BCUT2D eigenvalue weighted by atomic mass is 35.5. The molecule has 0 radical (unpaired) electrons. The molecule has 0 aliphatic carbocycles. The molecule has 1 N–H and O–H groups in total. The zero-order valence-electron chi connectivity index (χ0n) is 12.3. The standard InChI is InChI=1S/C16H18ClN3O/c1-11(12-6-8-13(17)9-7-12)20(3)16(21)14-5-4-10-19-15(14)18-2/h4-11H,1-3H3,(H,18,19). The Morgan fingerprint density at radius 1 is 1.29 bits per heavy atom. The Bertz CT molecular complexity index is 628. The van der Waals surface area contributed by atoms with Crippen molar-refractivity contribution >= 4 is 23.3 Å². The monoisotopic (exact) mass is 303 g/mol. The first-order chi connectivity index (χ1) is 10.0. The fraction of sp³-hybridized carbons (Fsp3) is 0.250. The Morgan fingerprint density at radius 2 is 1.95 bits per heavy atom. The van der Waals surface area contributed by atoms with Gasteiger partial charge in [-0.05, 0) is 36.8 Å². The number of halogens is 1. The van der Waals surface area contributed by atoms with E-state index in [-0.39, 0.29) is 11.9 Å². The first-order valence-corrected chi connectivity index (χ1v) is 7.07. The molecule has 0 aliphatic rings. The smallest absolute Gasteiger partial charge is 0.257 e. The molecular formula is C16H18ClN3O. The van der Waals surface area contributed by atoms with E-state index in [4.69, 9.17) is 11.6 Å². The van der Waals surface area contributed by atoms with E-state index in [0.717, 1.165) is 5.56 Å². The van der Waals surface area contributed by atoms with Gasteiger partial charge in [0.15, 0.2) is 0 Å². The SMILES string of the molecule is CNc1ncccc1C(=O)N(C)C(C)c1ccc(Cl)cc1. The Labute approximate surface area is 129 Å². The van der Waals surface area contributed by atoms with Gasteiger partial charge in [-0.3, -0.25) is 4.79 Å². The van der Waals surface area contributed by atoms with Crippen LogP contribution in [0, 0.1) is 0 Å². The first-order valence-electron chi connectivity index (χ1n) is 6.70. The Kier molecular flexibility index (Phi) is 4.81. The minimum atomic E-state index is -0.0742. The van der Waals surface area contributed by atoms with Crippen molar-refractivity contribution in [2.45, 2.75) is 13.0 Å². The van der Waals surface area contributed by atoms with Crippen LogP contribution in [0.1, 0.15) is 28.9 Å². The van der Waals surface area contributed by atoms with Crippen molar-refractivity contribution in [3.8, 4) is 0 Å². The van der Waals surface area contributed by atoms with Crippen LogP contribution < -0.4 is 5.32 Å². The lowest BCUT2D eigenvalue weighted by molar-refractivity contribution is 0.0743. The minimum Gasteiger partial charge on any atom is -0.372 e. The lowest BCUT2D eigenvalue weighted by Gasteiger charge is -2.26. The zero-order valence-corrected chi connectivity index (χ0v) is 13.1. The molecule has 4 nitrogen and oxygen atoms in total. The number of benzene rings is 1. The number of amides is 1. The lowest BCUT2D eigenvalue weighted by atomic mass is 10.1. The average molecular weight is 304 g/mol. The van der Waals surface area contributed by atoms with E-state index in [9.17, 15) is 4.79 Å². The molecule has 5 heteroatoms. The largest absolute Gasteiger partial charge is 0.372 e. The van der Waals surface area contributed by atoms with Gasteiger partial charge in [0.05, 0.1) is 11.6 Å². The second-order valence-corrected chi connectivity index (χ2v) is 5.23. The van der Waals surface area contributed by atoms with Crippen LogP contribution >= 0.6 is 11.6 Å². The van der Waals surface area contributed by atoms with Crippen molar-refractivity contribution in [1.82, 2.24) is 9.88 Å². The molecule has 1 aromatic heterocycles. The summed E-state index contributed by atoms with van der Waals surface area (Å²) >= 11 is 5.90. The predicted octanol–water partition coefficient (Wildman–Crippen LogP) is 3.61. The van der Waals surface area contributed by atoms with Crippen LogP contribution in [0.5, 0.6) is 0 Å². The van der Waals surface area contributed by atoms with E-state index in [0.29, 0.717) is 16.4 Å². The van der Waals surface area contributed by atoms with Gasteiger partial charge in [0, 0.05) is 25.3 Å². The number of pyridine rings is 1. The molecule has 2 rings (SSSR count). The summed E-state index contributed by atoms with van der Waals surface area (Å²) in [6.45, 7) is 1.98. The molecule has 0 spiro atoms. The molecule has 110 valence electrons. The number of rotatable bonds is 4. The van der Waals surface area contributed by atoms with E-state index in [1.165, 1.54) is 0 Å². The molecule has 0 saturated heterocycles. The van der Waals surface area contributed by atoms with E-state index in [2.05, 4.69) is 10.3 Å². The first kappa shape index (κ1) is 15.3. The molecule has 0 aliphatic heterocycles. The summed E-state index contributed by atoms with van der Waals surface area (Å²) in [6, 6.07) is 11.0. The van der Waals surface area contributed by atoms with Crippen molar-refractivity contribution in [3.63, 3.8) is 0 Å². The molecule has 21 heavy (non-hydrogen) atoms. The highest BCUT2D eigenvalue weighted by molar-refractivity contribution is 6.30. The van der Waals surface area contributed by atoms with Gasteiger partial charge < -0.3 is 10.2 Å². The van der Waals surface area contributed by atoms with Crippen molar-refractivity contribution in [2.75, 3.05) is 19.4 Å². The van der Waals surface area contributed by atoms with E-state index >= 15 is 0 Å². The highest BCUT2D eigenvalue weighted by Gasteiger charge is 2.21.